The molecular weight excluding hydrogens is 174 g/mol. The van der Waals surface area contributed by atoms with Gasteiger partial charge in [-0.2, -0.15) is 0 Å². The monoisotopic (exact) mass is 191 g/mol. The minimum atomic E-state index is 0.431. The maximum Gasteiger partial charge on any atom is 0.131 e. The summed E-state index contributed by atoms with van der Waals surface area (Å²) >= 11 is 0. The summed E-state index contributed by atoms with van der Waals surface area (Å²) in [5.41, 5.74) is 2.55. The van der Waals surface area contributed by atoms with Gasteiger partial charge in [0.2, 0.25) is 0 Å². The Morgan fingerprint density at radius 2 is 2.21 bits per heavy atom. The van der Waals surface area contributed by atoms with Gasteiger partial charge < -0.3 is 4.90 Å². The van der Waals surface area contributed by atoms with Gasteiger partial charge in [0.05, 0.1) is 0 Å². The predicted molar refractivity (Wildman–Crippen MR) is 56.2 cm³/mol. The van der Waals surface area contributed by atoms with Crippen LogP contribution in [0.25, 0.3) is 0 Å². The van der Waals surface area contributed by atoms with Crippen molar-refractivity contribution in [1.82, 2.24) is 14.9 Å². The lowest BCUT2D eigenvalue weighted by Crippen LogP contribution is -2.27. The van der Waals surface area contributed by atoms with E-state index in [2.05, 4.69) is 35.8 Å². The molecule has 1 aliphatic heterocycles. The maximum absolute atomic E-state index is 4.61. The first kappa shape index (κ1) is 9.59. The van der Waals surface area contributed by atoms with E-state index in [1.165, 1.54) is 11.3 Å². The highest BCUT2D eigenvalue weighted by molar-refractivity contribution is 5.20. The first-order chi connectivity index (χ1) is 6.66. The number of rotatable bonds is 1. The van der Waals surface area contributed by atoms with Crippen molar-refractivity contribution < 1.29 is 0 Å². The van der Waals surface area contributed by atoms with Gasteiger partial charge in [-0.05, 0) is 7.05 Å². The van der Waals surface area contributed by atoms with Gasteiger partial charge in [0.1, 0.15) is 5.82 Å². The topological polar surface area (TPSA) is 29.0 Å². The smallest absolute Gasteiger partial charge is 0.131 e. The van der Waals surface area contributed by atoms with Crippen LogP contribution < -0.4 is 0 Å². The molecule has 0 amide bonds. The summed E-state index contributed by atoms with van der Waals surface area (Å²) in [4.78, 5) is 11.3. The van der Waals surface area contributed by atoms with Crippen molar-refractivity contribution in [2.45, 2.75) is 32.7 Å². The van der Waals surface area contributed by atoms with Crippen LogP contribution >= 0.6 is 0 Å². The molecule has 0 spiro atoms. The lowest BCUT2D eigenvalue weighted by Gasteiger charge is -2.24. The molecule has 1 aliphatic rings. The van der Waals surface area contributed by atoms with Gasteiger partial charge in [-0.1, -0.05) is 13.8 Å². The summed E-state index contributed by atoms with van der Waals surface area (Å²) in [5, 5.41) is 0. The Morgan fingerprint density at radius 1 is 1.43 bits per heavy atom. The third-order valence-electron chi connectivity index (χ3n) is 2.66. The van der Waals surface area contributed by atoms with Gasteiger partial charge in [-0.3, -0.25) is 0 Å². The highest BCUT2D eigenvalue weighted by Gasteiger charge is 2.15. The molecule has 0 saturated heterocycles. The molecule has 0 unspecified atom stereocenters. The van der Waals surface area contributed by atoms with Crippen molar-refractivity contribution in [1.29, 1.82) is 0 Å². The molecule has 0 N–H and O–H groups in total. The van der Waals surface area contributed by atoms with Gasteiger partial charge in [-0.15, -0.1) is 0 Å². The number of hydrogen-bond acceptors (Lipinski definition) is 3. The molecule has 76 valence electrons. The molecule has 0 fully saturated rings. The normalized spacial score (nSPS) is 17.1. The first-order valence-electron chi connectivity index (χ1n) is 5.20. The minimum absolute atomic E-state index is 0.431. The van der Waals surface area contributed by atoms with Crippen LogP contribution in [-0.2, 0) is 13.0 Å². The van der Waals surface area contributed by atoms with Gasteiger partial charge in [0.15, 0.2) is 0 Å². The second-order valence-electron chi connectivity index (χ2n) is 4.34. The largest absolute Gasteiger partial charge is 0.302 e. The minimum Gasteiger partial charge on any atom is -0.302 e. The highest BCUT2D eigenvalue weighted by atomic mass is 15.1. The van der Waals surface area contributed by atoms with E-state index in [0.29, 0.717) is 5.92 Å². The molecule has 1 aromatic rings. The van der Waals surface area contributed by atoms with E-state index < -0.39 is 0 Å². The van der Waals surface area contributed by atoms with Gasteiger partial charge >= 0.3 is 0 Å². The summed E-state index contributed by atoms with van der Waals surface area (Å²) in [5.74, 6) is 1.41. The van der Waals surface area contributed by atoms with Crippen LogP contribution in [0, 0.1) is 0 Å². The van der Waals surface area contributed by atoms with Crippen molar-refractivity contribution in [2.75, 3.05) is 13.6 Å². The summed E-state index contributed by atoms with van der Waals surface area (Å²) in [6, 6.07) is 0. The third-order valence-corrected chi connectivity index (χ3v) is 2.66. The van der Waals surface area contributed by atoms with Crippen LogP contribution in [0.5, 0.6) is 0 Å². The fourth-order valence-electron chi connectivity index (χ4n) is 1.75. The molecule has 0 radical (unpaired) electrons. The van der Waals surface area contributed by atoms with Crippen LogP contribution in [0.4, 0.5) is 0 Å². The van der Waals surface area contributed by atoms with Crippen LogP contribution in [0.3, 0.4) is 0 Å². The summed E-state index contributed by atoms with van der Waals surface area (Å²) in [6.07, 6.45) is 3.06. The predicted octanol–water partition coefficient (Wildman–Crippen LogP) is 1.59. The zero-order valence-corrected chi connectivity index (χ0v) is 9.12. The summed E-state index contributed by atoms with van der Waals surface area (Å²) in [6.45, 7) is 6.38. The molecule has 3 nitrogen and oxygen atoms in total. The second kappa shape index (κ2) is 3.65. The number of hydrogen-bond donors (Lipinski definition) is 0. The Balaban J connectivity index is 2.31. The standard InChI is InChI=1S/C11H17N3/c1-8(2)11-12-6-9-7-14(3)5-4-10(9)13-11/h6,8H,4-5,7H2,1-3H3. The van der Waals surface area contributed by atoms with Crippen molar-refractivity contribution in [2.24, 2.45) is 0 Å². The van der Waals surface area contributed by atoms with Crippen molar-refractivity contribution in [3.8, 4) is 0 Å². The number of nitrogens with zero attached hydrogens (tertiary/aromatic N) is 3. The number of aromatic nitrogens is 2. The van der Waals surface area contributed by atoms with E-state index in [9.17, 15) is 0 Å². The molecule has 3 heteroatoms. The molecule has 2 rings (SSSR count). The molecule has 1 aromatic heterocycles. The Bertz CT molecular complexity index is 333. The molecule has 0 saturated carbocycles. The van der Waals surface area contributed by atoms with E-state index in [1.54, 1.807) is 0 Å². The van der Waals surface area contributed by atoms with Crippen molar-refractivity contribution in [3.63, 3.8) is 0 Å². The fourth-order valence-corrected chi connectivity index (χ4v) is 1.75. The van der Waals surface area contributed by atoms with Crippen LogP contribution in [-0.4, -0.2) is 28.5 Å². The van der Waals surface area contributed by atoms with E-state index in [-0.39, 0.29) is 0 Å². The summed E-state index contributed by atoms with van der Waals surface area (Å²) in [7, 11) is 2.14. The van der Waals surface area contributed by atoms with Crippen molar-refractivity contribution in [3.05, 3.63) is 23.3 Å². The molecule has 14 heavy (non-hydrogen) atoms. The van der Waals surface area contributed by atoms with Crippen LogP contribution in [0.2, 0.25) is 0 Å². The average Bonchev–Trinajstić information content (AvgIpc) is 2.16. The Kier molecular flexibility index (Phi) is 2.50. The quantitative estimate of drug-likeness (QED) is 0.675. The lowest BCUT2D eigenvalue weighted by molar-refractivity contribution is 0.308. The zero-order chi connectivity index (χ0) is 10.1. The van der Waals surface area contributed by atoms with E-state index in [1.807, 2.05) is 6.20 Å². The third kappa shape index (κ3) is 1.77. The molecule has 0 aromatic carbocycles. The molecule has 0 atom stereocenters. The molecule has 0 aliphatic carbocycles. The summed E-state index contributed by atoms with van der Waals surface area (Å²) < 4.78 is 0. The van der Waals surface area contributed by atoms with Gasteiger partial charge in [-0.25, -0.2) is 9.97 Å². The van der Waals surface area contributed by atoms with E-state index in [0.717, 1.165) is 25.3 Å². The number of likely N-dealkylation sites (N-methyl/N-ethyl adjacent to an activating group) is 1. The highest BCUT2D eigenvalue weighted by Crippen LogP contribution is 2.17. The Hall–Kier alpha value is -0.960. The van der Waals surface area contributed by atoms with Crippen LogP contribution in [0.1, 0.15) is 36.8 Å². The van der Waals surface area contributed by atoms with Gasteiger partial charge in [0.25, 0.3) is 0 Å². The average molecular weight is 191 g/mol. The fraction of sp³-hybridized carbons (Fsp3) is 0.636. The molecule has 0 bridgehead atoms. The lowest BCUT2D eigenvalue weighted by atomic mass is 10.1. The van der Waals surface area contributed by atoms with E-state index >= 15 is 0 Å². The Labute approximate surface area is 85.2 Å². The maximum atomic E-state index is 4.61. The first-order valence-corrected chi connectivity index (χ1v) is 5.20. The Morgan fingerprint density at radius 3 is 2.93 bits per heavy atom. The molecule has 2 heterocycles. The van der Waals surface area contributed by atoms with Crippen molar-refractivity contribution >= 4 is 0 Å². The van der Waals surface area contributed by atoms with Gasteiger partial charge in [0, 0.05) is 42.9 Å². The second-order valence-corrected chi connectivity index (χ2v) is 4.34. The SMILES string of the molecule is CC(C)c1ncc2c(n1)CCN(C)C2. The molecular formula is C11H17N3. The number of fused-ring (bicyclic) bond motifs is 1. The van der Waals surface area contributed by atoms with E-state index in [4.69, 9.17) is 0 Å². The zero-order valence-electron chi connectivity index (χ0n) is 9.12. The van der Waals surface area contributed by atoms with Crippen LogP contribution in [0.15, 0.2) is 6.20 Å².